The Kier molecular flexibility index (Phi) is 7.01. The van der Waals surface area contributed by atoms with Gasteiger partial charge in [-0.05, 0) is 43.4 Å². The smallest absolute Gasteiger partial charge is 0.292 e. The fraction of sp³-hybridized carbons (Fsp3) is 0.600. The van der Waals surface area contributed by atoms with Crippen molar-refractivity contribution < 1.29 is 9.66 Å². The quantitative estimate of drug-likeness (QED) is 0.422. The lowest BCUT2D eigenvalue weighted by molar-refractivity contribution is -0.384. The molecule has 0 aliphatic carbocycles. The van der Waals surface area contributed by atoms with Crippen molar-refractivity contribution in [2.24, 2.45) is 5.92 Å². The summed E-state index contributed by atoms with van der Waals surface area (Å²) in [5, 5.41) is 13.9. The summed E-state index contributed by atoms with van der Waals surface area (Å²) in [6.07, 6.45) is 2.20. The summed E-state index contributed by atoms with van der Waals surface area (Å²) in [7, 11) is 0. The first-order valence-electron chi connectivity index (χ1n) is 7.13. The van der Waals surface area contributed by atoms with Crippen LogP contribution in [0.1, 0.15) is 39.2 Å². The van der Waals surface area contributed by atoms with Crippen molar-refractivity contribution in [2.45, 2.75) is 40.2 Å². The van der Waals surface area contributed by atoms with E-state index in [-0.39, 0.29) is 10.6 Å². The molecule has 0 spiro atoms. The number of nitro groups is 1. The van der Waals surface area contributed by atoms with Crippen molar-refractivity contribution in [3.05, 3.63) is 33.9 Å². The number of nitrogens with zero attached hydrogens (tertiary/aromatic N) is 1. The van der Waals surface area contributed by atoms with E-state index in [0.717, 1.165) is 25.0 Å². The van der Waals surface area contributed by atoms with E-state index in [0.29, 0.717) is 24.8 Å². The minimum atomic E-state index is -0.370. The van der Waals surface area contributed by atoms with Gasteiger partial charge in [-0.15, -0.1) is 0 Å². The molecular formula is C15H24N2O3. The number of hydrogen-bond donors (Lipinski definition) is 1. The zero-order valence-corrected chi connectivity index (χ0v) is 12.5. The molecule has 1 rings (SSSR count). The molecule has 0 amide bonds. The molecule has 0 aromatic heterocycles. The average Bonchev–Trinajstić information content (AvgIpc) is 2.38. The standard InChI is InChI=1S/C15H24N2O3/c1-4-16-14-10-13(7-8-15(14)17(18)19)11-20-9-5-6-12(2)3/h7-8,10,12,16H,4-6,9,11H2,1-3H3. The van der Waals surface area contributed by atoms with Crippen LogP contribution in [0, 0.1) is 16.0 Å². The van der Waals surface area contributed by atoms with Gasteiger partial charge in [0.05, 0.1) is 11.5 Å². The van der Waals surface area contributed by atoms with Gasteiger partial charge in [0, 0.05) is 19.2 Å². The second-order valence-corrected chi connectivity index (χ2v) is 5.23. The lowest BCUT2D eigenvalue weighted by Gasteiger charge is -2.09. The largest absolute Gasteiger partial charge is 0.380 e. The number of hydrogen-bond acceptors (Lipinski definition) is 4. The first-order chi connectivity index (χ1) is 9.54. The third-order valence-corrected chi connectivity index (χ3v) is 2.96. The van der Waals surface area contributed by atoms with Crippen LogP contribution in [-0.2, 0) is 11.3 Å². The molecular weight excluding hydrogens is 256 g/mol. The molecule has 0 saturated heterocycles. The molecule has 1 aromatic rings. The second-order valence-electron chi connectivity index (χ2n) is 5.23. The molecule has 0 fully saturated rings. The van der Waals surface area contributed by atoms with Crippen LogP contribution in [0.5, 0.6) is 0 Å². The van der Waals surface area contributed by atoms with E-state index >= 15 is 0 Å². The van der Waals surface area contributed by atoms with E-state index in [4.69, 9.17) is 4.74 Å². The molecule has 0 unspecified atom stereocenters. The normalized spacial score (nSPS) is 10.8. The number of ether oxygens (including phenoxy) is 1. The highest BCUT2D eigenvalue weighted by Crippen LogP contribution is 2.25. The van der Waals surface area contributed by atoms with Gasteiger partial charge in [0.15, 0.2) is 0 Å². The van der Waals surface area contributed by atoms with Crippen LogP contribution in [0.15, 0.2) is 18.2 Å². The topological polar surface area (TPSA) is 64.4 Å². The van der Waals surface area contributed by atoms with Crippen molar-refractivity contribution in [2.75, 3.05) is 18.5 Å². The summed E-state index contributed by atoms with van der Waals surface area (Å²) >= 11 is 0. The molecule has 1 aromatic carbocycles. The highest BCUT2D eigenvalue weighted by Gasteiger charge is 2.13. The summed E-state index contributed by atoms with van der Waals surface area (Å²) in [4.78, 5) is 10.5. The van der Waals surface area contributed by atoms with Crippen LogP contribution in [0.4, 0.5) is 11.4 Å². The fourth-order valence-electron chi connectivity index (χ4n) is 1.95. The monoisotopic (exact) mass is 280 g/mol. The molecule has 0 bridgehead atoms. The minimum absolute atomic E-state index is 0.107. The Balaban J connectivity index is 2.54. The molecule has 5 nitrogen and oxygen atoms in total. The molecule has 0 atom stereocenters. The fourth-order valence-corrected chi connectivity index (χ4v) is 1.95. The molecule has 1 N–H and O–H groups in total. The van der Waals surface area contributed by atoms with Gasteiger partial charge < -0.3 is 10.1 Å². The Morgan fingerprint density at radius 1 is 1.40 bits per heavy atom. The minimum Gasteiger partial charge on any atom is -0.380 e. The molecule has 0 saturated carbocycles. The summed E-state index contributed by atoms with van der Waals surface area (Å²) in [5.41, 5.74) is 1.62. The molecule has 0 aliphatic heterocycles. The van der Waals surface area contributed by atoms with Crippen molar-refractivity contribution in [1.82, 2.24) is 0 Å². The third-order valence-electron chi connectivity index (χ3n) is 2.96. The van der Waals surface area contributed by atoms with Gasteiger partial charge in [-0.1, -0.05) is 13.8 Å². The van der Waals surface area contributed by atoms with Crippen molar-refractivity contribution in [1.29, 1.82) is 0 Å². The average molecular weight is 280 g/mol. The first kappa shape index (κ1) is 16.4. The molecule has 0 aliphatic rings. The van der Waals surface area contributed by atoms with Gasteiger partial charge >= 0.3 is 0 Å². The van der Waals surface area contributed by atoms with E-state index in [1.54, 1.807) is 12.1 Å². The molecule has 5 heteroatoms. The SMILES string of the molecule is CCNc1cc(COCCCC(C)C)ccc1[N+](=O)[O-]. The molecule has 0 radical (unpaired) electrons. The Morgan fingerprint density at radius 3 is 2.75 bits per heavy atom. The van der Waals surface area contributed by atoms with Crippen LogP contribution in [-0.4, -0.2) is 18.1 Å². The van der Waals surface area contributed by atoms with Crippen LogP contribution in [0.3, 0.4) is 0 Å². The number of nitrogens with one attached hydrogen (secondary N) is 1. The Bertz CT molecular complexity index is 433. The second kappa shape index (κ2) is 8.53. The Labute approximate surface area is 120 Å². The molecule has 20 heavy (non-hydrogen) atoms. The third kappa shape index (κ3) is 5.57. The first-order valence-corrected chi connectivity index (χ1v) is 7.13. The van der Waals surface area contributed by atoms with Gasteiger partial charge in [0.25, 0.3) is 5.69 Å². The summed E-state index contributed by atoms with van der Waals surface area (Å²) < 4.78 is 5.61. The van der Waals surface area contributed by atoms with Gasteiger partial charge in [0.1, 0.15) is 5.69 Å². The zero-order chi connectivity index (χ0) is 15.0. The zero-order valence-electron chi connectivity index (χ0n) is 12.5. The Hall–Kier alpha value is -1.62. The lowest BCUT2D eigenvalue weighted by atomic mass is 10.1. The highest BCUT2D eigenvalue weighted by molar-refractivity contribution is 5.62. The maximum Gasteiger partial charge on any atom is 0.292 e. The van der Waals surface area contributed by atoms with Crippen LogP contribution >= 0.6 is 0 Å². The van der Waals surface area contributed by atoms with Gasteiger partial charge in [-0.2, -0.15) is 0 Å². The predicted molar refractivity (Wildman–Crippen MR) is 81.0 cm³/mol. The summed E-state index contributed by atoms with van der Waals surface area (Å²) in [6, 6.07) is 5.08. The predicted octanol–water partition coefficient (Wildman–Crippen LogP) is 3.98. The summed E-state index contributed by atoms with van der Waals surface area (Å²) in [6.45, 7) is 8.18. The number of rotatable bonds is 9. The van der Waals surface area contributed by atoms with Crippen molar-refractivity contribution in [3.8, 4) is 0 Å². The number of benzene rings is 1. The molecule has 112 valence electrons. The number of anilines is 1. The van der Waals surface area contributed by atoms with Crippen molar-refractivity contribution in [3.63, 3.8) is 0 Å². The van der Waals surface area contributed by atoms with Gasteiger partial charge in [0.2, 0.25) is 0 Å². The van der Waals surface area contributed by atoms with E-state index in [1.165, 1.54) is 6.07 Å². The van der Waals surface area contributed by atoms with E-state index < -0.39 is 0 Å². The van der Waals surface area contributed by atoms with Gasteiger partial charge in [-0.25, -0.2) is 0 Å². The summed E-state index contributed by atoms with van der Waals surface area (Å²) in [5.74, 6) is 0.693. The number of nitro benzene ring substituents is 1. The maximum absolute atomic E-state index is 10.9. The van der Waals surface area contributed by atoms with Crippen LogP contribution < -0.4 is 5.32 Å². The van der Waals surface area contributed by atoms with Crippen LogP contribution in [0.2, 0.25) is 0 Å². The van der Waals surface area contributed by atoms with E-state index in [1.807, 2.05) is 6.92 Å². The highest BCUT2D eigenvalue weighted by atomic mass is 16.6. The van der Waals surface area contributed by atoms with Crippen molar-refractivity contribution >= 4 is 11.4 Å². The lowest BCUT2D eigenvalue weighted by Crippen LogP contribution is -2.03. The Morgan fingerprint density at radius 2 is 2.15 bits per heavy atom. The van der Waals surface area contributed by atoms with E-state index in [2.05, 4.69) is 19.2 Å². The van der Waals surface area contributed by atoms with Crippen LogP contribution in [0.25, 0.3) is 0 Å². The van der Waals surface area contributed by atoms with Gasteiger partial charge in [-0.3, -0.25) is 10.1 Å². The molecule has 0 heterocycles. The maximum atomic E-state index is 10.9. The van der Waals surface area contributed by atoms with E-state index in [9.17, 15) is 10.1 Å².